The second-order valence-corrected chi connectivity index (χ2v) is 6.63. The first-order valence-corrected chi connectivity index (χ1v) is 8.99. The summed E-state index contributed by atoms with van der Waals surface area (Å²) in [5, 5.41) is 5.39. The SMILES string of the molecule is C=C(C)c1cccc(N(N)C(=O)NN)c1COc1ccn(-c2ccc(C)cc2)n1. The number of carbonyl (C=O) groups is 1. The fourth-order valence-corrected chi connectivity index (χ4v) is 2.90. The van der Waals surface area contributed by atoms with Gasteiger partial charge in [-0.1, -0.05) is 42.0 Å². The van der Waals surface area contributed by atoms with Crippen molar-refractivity contribution in [2.24, 2.45) is 11.7 Å². The van der Waals surface area contributed by atoms with Gasteiger partial charge in [-0.3, -0.25) is 5.43 Å². The topological polar surface area (TPSA) is 111 Å². The molecule has 0 saturated carbocycles. The van der Waals surface area contributed by atoms with Gasteiger partial charge in [-0.05, 0) is 37.6 Å². The van der Waals surface area contributed by atoms with Crippen LogP contribution in [0.5, 0.6) is 5.88 Å². The number of carbonyl (C=O) groups excluding carboxylic acids is 1. The molecule has 5 N–H and O–H groups in total. The van der Waals surface area contributed by atoms with E-state index in [4.69, 9.17) is 16.4 Å². The van der Waals surface area contributed by atoms with E-state index in [1.54, 1.807) is 22.9 Å². The predicted octanol–water partition coefficient (Wildman–Crippen LogP) is 3.06. The van der Waals surface area contributed by atoms with Gasteiger partial charge < -0.3 is 4.74 Å². The zero-order valence-electron chi connectivity index (χ0n) is 16.4. The van der Waals surface area contributed by atoms with Gasteiger partial charge in [0.2, 0.25) is 5.88 Å². The molecule has 3 rings (SSSR count). The summed E-state index contributed by atoms with van der Waals surface area (Å²) in [5.41, 5.74) is 6.95. The van der Waals surface area contributed by atoms with Gasteiger partial charge in [-0.15, -0.1) is 5.10 Å². The molecule has 0 radical (unpaired) electrons. The van der Waals surface area contributed by atoms with E-state index in [-0.39, 0.29) is 6.61 Å². The van der Waals surface area contributed by atoms with E-state index in [1.165, 1.54) is 5.56 Å². The summed E-state index contributed by atoms with van der Waals surface area (Å²) in [5.74, 6) is 11.6. The van der Waals surface area contributed by atoms with Crippen LogP contribution in [0.15, 0.2) is 61.3 Å². The van der Waals surface area contributed by atoms with Gasteiger partial charge in [0.05, 0.1) is 11.4 Å². The van der Waals surface area contributed by atoms with Gasteiger partial charge >= 0.3 is 6.03 Å². The summed E-state index contributed by atoms with van der Waals surface area (Å²) in [6, 6.07) is 14.5. The Bertz CT molecular complexity index is 1030. The molecule has 0 unspecified atom stereocenters. The molecule has 0 aliphatic rings. The fraction of sp³-hybridized carbons (Fsp3) is 0.143. The Morgan fingerprint density at radius 1 is 1.24 bits per heavy atom. The molecule has 1 aromatic heterocycles. The minimum Gasteiger partial charge on any atom is -0.472 e. The number of hydrazine groups is 2. The lowest BCUT2D eigenvalue weighted by Crippen LogP contribution is -2.48. The molecule has 0 fully saturated rings. The van der Waals surface area contributed by atoms with Crippen molar-refractivity contribution >= 4 is 17.3 Å². The number of nitrogens with one attached hydrogen (secondary N) is 1. The van der Waals surface area contributed by atoms with Crippen molar-refractivity contribution in [3.05, 3.63) is 78.0 Å². The van der Waals surface area contributed by atoms with Crippen molar-refractivity contribution in [1.82, 2.24) is 15.2 Å². The summed E-state index contributed by atoms with van der Waals surface area (Å²) in [6.07, 6.45) is 1.82. The van der Waals surface area contributed by atoms with Crippen LogP contribution in [0.25, 0.3) is 11.3 Å². The smallest absolute Gasteiger partial charge is 0.350 e. The van der Waals surface area contributed by atoms with Crippen LogP contribution in [0.2, 0.25) is 0 Å². The van der Waals surface area contributed by atoms with Gasteiger partial charge in [-0.2, -0.15) is 0 Å². The molecular weight excluding hydrogens is 368 g/mol. The number of hydrogen-bond acceptors (Lipinski definition) is 5. The van der Waals surface area contributed by atoms with Crippen LogP contribution >= 0.6 is 0 Å². The zero-order chi connectivity index (χ0) is 21.0. The third-order valence-corrected chi connectivity index (χ3v) is 4.44. The predicted molar refractivity (Wildman–Crippen MR) is 113 cm³/mol. The molecule has 0 spiro atoms. The summed E-state index contributed by atoms with van der Waals surface area (Å²) in [6.45, 7) is 8.05. The average Bonchev–Trinajstić information content (AvgIpc) is 3.20. The Morgan fingerprint density at radius 3 is 2.62 bits per heavy atom. The highest BCUT2D eigenvalue weighted by Crippen LogP contribution is 2.28. The summed E-state index contributed by atoms with van der Waals surface area (Å²) in [7, 11) is 0. The highest BCUT2D eigenvalue weighted by Gasteiger charge is 2.18. The van der Waals surface area contributed by atoms with Crippen molar-refractivity contribution in [2.75, 3.05) is 5.01 Å². The Kier molecular flexibility index (Phi) is 5.96. The Labute approximate surface area is 169 Å². The summed E-state index contributed by atoms with van der Waals surface area (Å²) >= 11 is 0. The second-order valence-electron chi connectivity index (χ2n) is 6.63. The van der Waals surface area contributed by atoms with E-state index in [0.717, 1.165) is 21.8 Å². The van der Waals surface area contributed by atoms with E-state index in [9.17, 15) is 4.79 Å². The molecule has 8 heteroatoms. The van der Waals surface area contributed by atoms with Crippen LogP contribution < -0.4 is 26.9 Å². The number of ether oxygens (including phenoxy) is 1. The quantitative estimate of drug-likeness (QED) is 0.339. The molecule has 2 amide bonds. The number of nitrogens with zero attached hydrogens (tertiary/aromatic N) is 3. The van der Waals surface area contributed by atoms with Crippen LogP contribution in [0.1, 0.15) is 23.6 Å². The number of rotatable bonds is 6. The molecule has 150 valence electrons. The molecule has 0 aliphatic carbocycles. The van der Waals surface area contributed by atoms with E-state index < -0.39 is 6.03 Å². The lowest BCUT2D eigenvalue weighted by Gasteiger charge is -2.21. The Morgan fingerprint density at radius 2 is 1.97 bits per heavy atom. The molecular formula is C21H24N6O2. The second kappa shape index (κ2) is 8.59. The summed E-state index contributed by atoms with van der Waals surface area (Å²) < 4.78 is 7.63. The van der Waals surface area contributed by atoms with E-state index in [2.05, 4.69) is 11.7 Å². The van der Waals surface area contributed by atoms with E-state index in [1.807, 2.05) is 55.8 Å². The number of nitrogens with two attached hydrogens (primary N) is 2. The van der Waals surface area contributed by atoms with Crippen LogP contribution in [0, 0.1) is 6.92 Å². The number of allylic oxidation sites excluding steroid dienone is 1. The Balaban J connectivity index is 1.85. The lowest BCUT2D eigenvalue weighted by molar-refractivity contribution is 0.246. The van der Waals surface area contributed by atoms with Crippen molar-refractivity contribution < 1.29 is 9.53 Å². The first-order chi connectivity index (χ1) is 13.9. The molecule has 0 aliphatic heterocycles. The molecule has 29 heavy (non-hydrogen) atoms. The van der Waals surface area contributed by atoms with Crippen LogP contribution in [0.3, 0.4) is 0 Å². The maximum Gasteiger partial charge on any atom is 0.350 e. The van der Waals surface area contributed by atoms with Crippen molar-refractivity contribution in [3.8, 4) is 11.6 Å². The number of urea groups is 1. The van der Waals surface area contributed by atoms with E-state index in [0.29, 0.717) is 17.1 Å². The maximum atomic E-state index is 11.9. The van der Waals surface area contributed by atoms with Crippen LogP contribution in [-0.2, 0) is 6.61 Å². The lowest BCUT2D eigenvalue weighted by atomic mass is 10.0. The average molecular weight is 392 g/mol. The normalized spacial score (nSPS) is 10.5. The molecule has 8 nitrogen and oxygen atoms in total. The minimum atomic E-state index is -0.645. The number of hydrogen-bond donors (Lipinski definition) is 3. The highest BCUT2D eigenvalue weighted by molar-refractivity contribution is 5.92. The van der Waals surface area contributed by atoms with Crippen molar-refractivity contribution in [3.63, 3.8) is 0 Å². The minimum absolute atomic E-state index is 0.148. The third-order valence-electron chi connectivity index (χ3n) is 4.44. The monoisotopic (exact) mass is 392 g/mol. The number of benzene rings is 2. The largest absolute Gasteiger partial charge is 0.472 e. The Hall–Kier alpha value is -3.62. The molecule has 2 aromatic carbocycles. The third kappa shape index (κ3) is 4.45. The van der Waals surface area contributed by atoms with Gasteiger partial charge in [-0.25, -0.2) is 26.2 Å². The zero-order valence-corrected chi connectivity index (χ0v) is 16.4. The number of aryl methyl sites for hydroxylation is 1. The first-order valence-electron chi connectivity index (χ1n) is 8.99. The van der Waals surface area contributed by atoms with E-state index >= 15 is 0 Å². The van der Waals surface area contributed by atoms with Gasteiger partial charge in [0, 0.05) is 17.8 Å². The van der Waals surface area contributed by atoms with Crippen molar-refractivity contribution in [2.45, 2.75) is 20.5 Å². The van der Waals surface area contributed by atoms with Crippen LogP contribution in [-0.4, -0.2) is 15.8 Å². The number of amides is 2. The van der Waals surface area contributed by atoms with Gasteiger partial charge in [0.15, 0.2) is 0 Å². The first kappa shape index (κ1) is 20.1. The summed E-state index contributed by atoms with van der Waals surface area (Å²) in [4.78, 5) is 11.9. The van der Waals surface area contributed by atoms with Crippen molar-refractivity contribution in [1.29, 1.82) is 0 Å². The van der Waals surface area contributed by atoms with Gasteiger partial charge in [0.1, 0.15) is 6.61 Å². The molecule has 0 atom stereocenters. The molecule has 0 saturated heterocycles. The maximum absolute atomic E-state index is 11.9. The standard InChI is InChI=1S/C21H24N6O2/c1-14(2)17-5-4-6-19(27(23)21(28)24-22)18(17)13-29-20-11-12-26(25-20)16-9-7-15(3)8-10-16/h4-12H,1,13,22-23H2,2-3H3,(H,24,28). The molecule has 0 bridgehead atoms. The van der Waals surface area contributed by atoms with Crippen LogP contribution in [0.4, 0.5) is 10.5 Å². The highest BCUT2D eigenvalue weighted by atomic mass is 16.5. The fourth-order valence-electron chi connectivity index (χ4n) is 2.90. The molecule has 1 heterocycles. The number of aromatic nitrogens is 2. The van der Waals surface area contributed by atoms with Gasteiger partial charge in [0.25, 0.3) is 0 Å². The molecule has 3 aromatic rings. The number of anilines is 1.